The van der Waals surface area contributed by atoms with Gasteiger partial charge in [0.05, 0.1) is 11.0 Å². The highest BCUT2D eigenvalue weighted by atomic mass is 32.1. The van der Waals surface area contributed by atoms with Crippen LogP contribution in [0, 0.1) is 0 Å². The predicted molar refractivity (Wildman–Crippen MR) is 193 cm³/mol. The molecule has 0 saturated carbocycles. The molecule has 0 amide bonds. The molecule has 5 heteroatoms. The molecule has 0 spiro atoms. The van der Waals surface area contributed by atoms with E-state index in [2.05, 4.69) is 128 Å². The zero-order valence-corrected chi connectivity index (χ0v) is 25.8. The van der Waals surface area contributed by atoms with Crippen LogP contribution in [0.3, 0.4) is 0 Å². The van der Waals surface area contributed by atoms with Crippen LogP contribution in [0.25, 0.3) is 84.4 Å². The molecule has 0 atom stereocenters. The molecule has 3 heterocycles. The SMILES string of the molecule is C=CCOC(=O)n1c2ccc(-c3cccc4c3sc3ccccc34)cc2c2cc(-c3cccc4c3sc3ccccc34)ccc21. The van der Waals surface area contributed by atoms with Gasteiger partial charge in [-0.25, -0.2) is 9.36 Å². The first-order valence-corrected chi connectivity index (χ1v) is 16.5. The maximum absolute atomic E-state index is 13.4. The average Bonchev–Trinajstić information content (AvgIpc) is 3.76. The van der Waals surface area contributed by atoms with Crippen molar-refractivity contribution in [3.63, 3.8) is 0 Å². The van der Waals surface area contributed by atoms with E-state index in [1.807, 2.05) is 22.7 Å². The summed E-state index contributed by atoms with van der Waals surface area (Å²) < 4.78 is 12.4. The fraction of sp³-hybridized carbons (Fsp3) is 0.0250. The lowest BCUT2D eigenvalue weighted by Crippen LogP contribution is -2.13. The standard InChI is InChI=1S/C40H25NO2S2/c1-2-21-43-40(42)41-34-19-17-24(26-11-7-13-30-28-9-3-5-15-36(28)44-38(26)30)22-32(34)33-23-25(18-20-35(33)41)27-12-8-14-31-29-10-4-6-16-37(29)45-39(27)31/h2-20,22-23H,1,21H2. The maximum atomic E-state index is 13.4. The molecule has 0 aliphatic heterocycles. The Hall–Kier alpha value is -5.23. The number of carbonyl (C=O) groups is 1. The molecule has 0 radical (unpaired) electrons. The van der Waals surface area contributed by atoms with Crippen LogP contribution < -0.4 is 0 Å². The number of carbonyl (C=O) groups excluding carboxylic acids is 1. The fourth-order valence-electron chi connectivity index (χ4n) is 6.70. The molecule has 0 N–H and O–H groups in total. The van der Waals surface area contributed by atoms with Gasteiger partial charge in [0.1, 0.15) is 6.61 Å². The van der Waals surface area contributed by atoms with Gasteiger partial charge >= 0.3 is 6.09 Å². The number of nitrogens with zero attached hydrogens (tertiary/aromatic N) is 1. The van der Waals surface area contributed by atoms with Crippen molar-refractivity contribution in [1.82, 2.24) is 4.57 Å². The lowest BCUT2D eigenvalue weighted by molar-refractivity contribution is 0.162. The molecule has 0 fully saturated rings. The van der Waals surface area contributed by atoms with Gasteiger partial charge in [0.25, 0.3) is 0 Å². The summed E-state index contributed by atoms with van der Waals surface area (Å²) in [5, 5.41) is 7.12. The Balaban J connectivity index is 1.30. The van der Waals surface area contributed by atoms with E-state index >= 15 is 0 Å². The zero-order valence-electron chi connectivity index (χ0n) is 24.1. The van der Waals surface area contributed by atoms with Crippen molar-refractivity contribution in [1.29, 1.82) is 0 Å². The molecule has 3 aromatic heterocycles. The van der Waals surface area contributed by atoms with E-state index in [1.54, 1.807) is 10.6 Å². The topological polar surface area (TPSA) is 31.2 Å². The van der Waals surface area contributed by atoms with Crippen molar-refractivity contribution in [2.45, 2.75) is 0 Å². The minimum Gasteiger partial charge on any atom is -0.445 e. The van der Waals surface area contributed by atoms with Gasteiger partial charge in [0.15, 0.2) is 0 Å². The molecule has 9 rings (SSSR count). The van der Waals surface area contributed by atoms with Crippen molar-refractivity contribution in [2.24, 2.45) is 0 Å². The summed E-state index contributed by atoms with van der Waals surface area (Å²) in [5.74, 6) is 0. The summed E-state index contributed by atoms with van der Waals surface area (Å²) in [7, 11) is 0. The van der Waals surface area contributed by atoms with Crippen LogP contribution in [0.15, 0.2) is 134 Å². The smallest absolute Gasteiger partial charge is 0.419 e. The Morgan fingerprint density at radius 2 is 1.09 bits per heavy atom. The molecule has 214 valence electrons. The van der Waals surface area contributed by atoms with Crippen LogP contribution in [0.1, 0.15) is 0 Å². The van der Waals surface area contributed by atoms with Crippen molar-refractivity contribution in [2.75, 3.05) is 6.61 Å². The highest BCUT2D eigenvalue weighted by molar-refractivity contribution is 7.26. The van der Waals surface area contributed by atoms with Gasteiger partial charge in [-0.1, -0.05) is 97.6 Å². The van der Waals surface area contributed by atoms with Gasteiger partial charge in [-0.15, -0.1) is 22.7 Å². The molecule has 0 aliphatic carbocycles. The first-order valence-electron chi connectivity index (χ1n) is 14.9. The second-order valence-electron chi connectivity index (χ2n) is 11.2. The van der Waals surface area contributed by atoms with Gasteiger partial charge in [-0.2, -0.15) is 0 Å². The lowest BCUT2D eigenvalue weighted by Gasteiger charge is -2.08. The molecular weight excluding hydrogens is 591 g/mol. The van der Waals surface area contributed by atoms with Crippen LogP contribution in [0.5, 0.6) is 0 Å². The largest absolute Gasteiger partial charge is 0.445 e. The van der Waals surface area contributed by atoms with Crippen LogP contribution >= 0.6 is 22.7 Å². The van der Waals surface area contributed by atoms with Gasteiger partial charge in [0.2, 0.25) is 0 Å². The van der Waals surface area contributed by atoms with E-state index in [1.165, 1.54) is 51.5 Å². The Bertz CT molecular complexity index is 2480. The molecule has 0 aliphatic rings. The van der Waals surface area contributed by atoms with Gasteiger partial charge in [-0.3, -0.25) is 0 Å². The number of thiophene rings is 2. The molecule has 0 unspecified atom stereocenters. The third-order valence-electron chi connectivity index (χ3n) is 8.70. The lowest BCUT2D eigenvalue weighted by atomic mass is 9.98. The number of ether oxygens (including phenoxy) is 1. The van der Waals surface area contributed by atoms with E-state index in [-0.39, 0.29) is 6.61 Å². The van der Waals surface area contributed by atoms with E-state index in [0.29, 0.717) is 0 Å². The molecule has 0 bridgehead atoms. The molecule has 6 aromatic carbocycles. The Morgan fingerprint density at radius 1 is 0.600 bits per heavy atom. The summed E-state index contributed by atoms with van der Waals surface area (Å²) in [6.07, 6.45) is 1.19. The number of fused-ring (bicyclic) bond motifs is 9. The van der Waals surface area contributed by atoms with Crippen molar-refractivity contribution < 1.29 is 9.53 Å². The zero-order chi connectivity index (χ0) is 30.1. The number of aromatic nitrogens is 1. The fourth-order valence-corrected chi connectivity index (χ4v) is 9.18. The Morgan fingerprint density at radius 3 is 1.60 bits per heavy atom. The van der Waals surface area contributed by atoms with E-state index in [4.69, 9.17) is 4.74 Å². The highest BCUT2D eigenvalue weighted by Gasteiger charge is 2.20. The minimum absolute atomic E-state index is 0.151. The summed E-state index contributed by atoms with van der Waals surface area (Å²) in [5.41, 5.74) is 6.27. The number of hydrogen-bond donors (Lipinski definition) is 0. The number of rotatable bonds is 4. The third-order valence-corrected chi connectivity index (χ3v) is 11.1. The molecule has 3 nitrogen and oxygen atoms in total. The Kier molecular flexibility index (Phi) is 5.92. The Labute approximate surface area is 266 Å². The summed E-state index contributed by atoms with van der Waals surface area (Å²) in [4.78, 5) is 13.4. The second-order valence-corrected chi connectivity index (χ2v) is 13.3. The van der Waals surface area contributed by atoms with E-state index in [0.717, 1.165) is 32.9 Å². The first kappa shape index (κ1) is 26.2. The maximum Gasteiger partial charge on any atom is 0.419 e. The van der Waals surface area contributed by atoms with Crippen molar-refractivity contribution in [3.8, 4) is 22.3 Å². The van der Waals surface area contributed by atoms with Crippen LogP contribution in [-0.4, -0.2) is 17.3 Å². The predicted octanol–water partition coefficient (Wildman–Crippen LogP) is 12.0. The van der Waals surface area contributed by atoms with E-state index < -0.39 is 6.09 Å². The van der Waals surface area contributed by atoms with Crippen molar-refractivity contribution in [3.05, 3.63) is 134 Å². The second kappa shape index (κ2) is 10.2. The van der Waals surface area contributed by atoms with Gasteiger partial charge < -0.3 is 4.74 Å². The molecule has 45 heavy (non-hydrogen) atoms. The first-order chi connectivity index (χ1) is 22.2. The summed E-state index contributed by atoms with van der Waals surface area (Å²) >= 11 is 3.65. The molecule has 0 saturated heterocycles. The quantitative estimate of drug-likeness (QED) is 0.184. The average molecular weight is 616 g/mol. The number of hydrogen-bond acceptors (Lipinski definition) is 4. The summed E-state index contributed by atoms with van der Waals surface area (Å²) in [6, 6.07) is 43.1. The highest BCUT2D eigenvalue weighted by Crippen LogP contribution is 2.43. The molecular formula is C40H25NO2S2. The monoisotopic (exact) mass is 615 g/mol. The van der Waals surface area contributed by atoms with Gasteiger partial charge in [0, 0.05) is 51.1 Å². The van der Waals surface area contributed by atoms with E-state index in [9.17, 15) is 4.79 Å². The minimum atomic E-state index is -0.409. The number of benzene rings is 6. The van der Waals surface area contributed by atoms with Crippen LogP contribution in [-0.2, 0) is 4.74 Å². The summed E-state index contributed by atoms with van der Waals surface area (Å²) in [6.45, 7) is 3.88. The van der Waals surface area contributed by atoms with Crippen LogP contribution in [0.4, 0.5) is 4.79 Å². The normalized spacial score (nSPS) is 11.8. The van der Waals surface area contributed by atoms with Gasteiger partial charge in [-0.05, 0) is 58.7 Å². The van der Waals surface area contributed by atoms with Crippen LogP contribution in [0.2, 0.25) is 0 Å². The molecule has 9 aromatic rings. The van der Waals surface area contributed by atoms with Crippen molar-refractivity contribution >= 4 is 90.9 Å². The third kappa shape index (κ3) is 3.98.